The van der Waals surface area contributed by atoms with Gasteiger partial charge in [-0.15, -0.1) is 11.6 Å². The van der Waals surface area contributed by atoms with E-state index < -0.39 is 0 Å². The molecule has 0 aromatic carbocycles. The molecule has 19 heavy (non-hydrogen) atoms. The van der Waals surface area contributed by atoms with E-state index in [0.29, 0.717) is 5.88 Å². The van der Waals surface area contributed by atoms with Crippen LogP contribution in [0.3, 0.4) is 0 Å². The fourth-order valence-corrected chi connectivity index (χ4v) is 2.46. The van der Waals surface area contributed by atoms with Gasteiger partial charge in [0.2, 0.25) is 0 Å². The molecule has 0 amide bonds. The zero-order valence-corrected chi connectivity index (χ0v) is 12.3. The fraction of sp³-hybridized carbons (Fsp3) is 0.333. The second-order valence-corrected chi connectivity index (χ2v) is 4.96. The molecule has 0 bridgehead atoms. The first kappa shape index (κ1) is 13.8. The minimum atomic E-state index is 0.473. The highest BCUT2D eigenvalue weighted by atomic mass is 35.5. The number of hydrogen-bond acceptors (Lipinski definition) is 3. The van der Waals surface area contributed by atoms with E-state index in [1.54, 1.807) is 6.20 Å². The second kappa shape index (κ2) is 6.02. The lowest BCUT2D eigenvalue weighted by Gasteiger charge is -2.22. The van der Waals surface area contributed by atoms with Crippen LogP contribution in [0.2, 0.25) is 0 Å². The van der Waals surface area contributed by atoms with Gasteiger partial charge in [-0.2, -0.15) is 0 Å². The monoisotopic (exact) mass is 275 g/mol. The number of pyridine rings is 2. The Morgan fingerprint density at radius 3 is 2.68 bits per heavy atom. The summed E-state index contributed by atoms with van der Waals surface area (Å²) in [5.41, 5.74) is 4.30. The summed E-state index contributed by atoms with van der Waals surface area (Å²) in [4.78, 5) is 11.1. The molecule has 2 aromatic heterocycles. The van der Waals surface area contributed by atoms with Gasteiger partial charge in [0.25, 0.3) is 0 Å². The maximum Gasteiger partial charge on any atom is 0.133 e. The molecule has 0 radical (unpaired) electrons. The van der Waals surface area contributed by atoms with Crippen LogP contribution in [0, 0.1) is 13.8 Å². The Morgan fingerprint density at radius 2 is 2.05 bits per heavy atom. The van der Waals surface area contributed by atoms with Crippen molar-refractivity contribution in [2.75, 3.05) is 11.9 Å². The summed E-state index contributed by atoms with van der Waals surface area (Å²) in [5.74, 6) is 1.42. The molecule has 0 spiro atoms. The predicted molar refractivity (Wildman–Crippen MR) is 79.6 cm³/mol. The number of aryl methyl sites for hydroxylation is 2. The molecule has 100 valence electrons. The van der Waals surface area contributed by atoms with Crippen molar-refractivity contribution < 1.29 is 0 Å². The van der Waals surface area contributed by atoms with E-state index in [9.17, 15) is 0 Å². The third kappa shape index (κ3) is 3.24. The fourth-order valence-electron chi connectivity index (χ4n) is 2.13. The van der Waals surface area contributed by atoms with Crippen LogP contribution in [0.15, 0.2) is 30.5 Å². The summed E-state index contributed by atoms with van der Waals surface area (Å²) in [6, 6.07) is 7.99. The molecule has 0 unspecified atom stereocenters. The summed E-state index contributed by atoms with van der Waals surface area (Å²) in [5, 5.41) is 0. The van der Waals surface area contributed by atoms with E-state index in [4.69, 9.17) is 11.6 Å². The van der Waals surface area contributed by atoms with Crippen LogP contribution >= 0.6 is 11.6 Å². The van der Waals surface area contributed by atoms with Crippen LogP contribution in [0.1, 0.15) is 22.5 Å². The molecule has 0 N–H and O–H groups in total. The molecule has 0 aliphatic heterocycles. The summed E-state index contributed by atoms with van der Waals surface area (Å²) in [6.45, 7) is 4.80. The van der Waals surface area contributed by atoms with Crippen LogP contribution in [0.5, 0.6) is 0 Å². The molecular formula is C15H18ClN3. The Hall–Kier alpha value is -1.61. The summed E-state index contributed by atoms with van der Waals surface area (Å²) in [7, 11) is 2.02. The molecular weight excluding hydrogens is 258 g/mol. The van der Waals surface area contributed by atoms with Gasteiger partial charge in [0.15, 0.2) is 0 Å². The molecule has 0 aliphatic rings. The van der Waals surface area contributed by atoms with Crippen LogP contribution in [-0.4, -0.2) is 17.0 Å². The number of rotatable bonds is 4. The zero-order valence-electron chi connectivity index (χ0n) is 11.5. The molecule has 0 atom stereocenters. The highest BCUT2D eigenvalue weighted by Crippen LogP contribution is 2.24. The topological polar surface area (TPSA) is 29.0 Å². The molecule has 0 saturated heterocycles. The van der Waals surface area contributed by atoms with E-state index in [-0.39, 0.29) is 0 Å². The van der Waals surface area contributed by atoms with Crippen molar-refractivity contribution in [1.29, 1.82) is 0 Å². The maximum atomic E-state index is 6.05. The molecule has 0 fully saturated rings. The molecule has 3 nitrogen and oxygen atoms in total. The first-order valence-corrected chi connectivity index (χ1v) is 6.79. The van der Waals surface area contributed by atoms with Gasteiger partial charge >= 0.3 is 0 Å². The minimum Gasteiger partial charge on any atom is -0.353 e. The molecule has 2 heterocycles. The van der Waals surface area contributed by atoms with Gasteiger partial charge in [-0.05, 0) is 37.6 Å². The van der Waals surface area contributed by atoms with Crippen LogP contribution in [0.25, 0.3) is 0 Å². The Balaban J connectivity index is 2.30. The second-order valence-electron chi connectivity index (χ2n) is 4.69. The first-order valence-electron chi connectivity index (χ1n) is 6.26. The van der Waals surface area contributed by atoms with Crippen molar-refractivity contribution >= 4 is 17.4 Å². The number of nitrogens with zero attached hydrogens (tertiary/aromatic N) is 3. The Morgan fingerprint density at radius 1 is 1.26 bits per heavy atom. The summed E-state index contributed by atoms with van der Waals surface area (Å²) < 4.78 is 0. The maximum absolute atomic E-state index is 6.05. The van der Waals surface area contributed by atoms with Gasteiger partial charge in [-0.3, -0.25) is 4.98 Å². The Labute approximate surface area is 119 Å². The van der Waals surface area contributed by atoms with E-state index in [1.165, 1.54) is 5.56 Å². The van der Waals surface area contributed by atoms with Gasteiger partial charge < -0.3 is 4.90 Å². The van der Waals surface area contributed by atoms with E-state index in [1.807, 2.05) is 32.2 Å². The average Bonchev–Trinajstić information content (AvgIpc) is 2.39. The van der Waals surface area contributed by atoms with Gasteiger partial charge in [0, 0.05) is 24.5 Å². The largest absolute Gasteiger partial charge is 0.353 e. The lowest BCUT2D eigenvalue weighted by molar-refractivity contribution is 0.852. The first-order chi connectivity index (χ1) is 9.11. The van der Waals surface area contributed by atoms with E-state index >= 15 is 0 Å². The van der Waals surface area contributed by atoms with Gasteiger partial charge in [0.05, 0.1) is 18.1 Å². The van der Waals surface area contributed by atoms with Crippen molar-refractivity contribution in [3.63, 3.8) is 0 Å². The number of hydrogen-bond donors (Lipinski definition) is 0. The molecule has 0 saturated carbocycles. The minimum absolute atomic E-state index is 0.473. The summed E-state index contributed by atoms with van der Waals surface area (Å²) >= 11 is 6.05. The van der Waals surface area contributed by atoms with Crippen molar-refractivity contribution in [2.24, 2.45) is 0 Å². The number of anilines is 1. The highest BCUT2D eigenvalue weighted by Gasteiger charge is 2.12. The normalized spacial score (nSPS) is 10.5. The van der Waals surface area contributed by atoms with Crippen molar-refractivity contribution in [3.05, 3.63) is 53.0 Å². The zero-order chi connectivity index (χ0) is 13.8. The lowest BCUT2D eigenvalue weighted by atomic mass is 10.1. The molecule has 2 rings (SSSR count). The van der Waals surface area contributed by atoms with Gasteiger partial charge in [0.1, 0.15) is 5.82 Å². The number of halogens is 1. The smallest absolute Gasteiger partial charge is 0.133 e. The molecule has 2 aromatic rings. The predicted octanol–water partition coefficient (Wildman–Crippen LogP) is 3.47. The standard InChI is InChI=1S/C15H18ClN3/c1-11-8-12(2)18-15(14(11)9-16)19(3)10-13-6-4-5-7-17-13/h4-8H,9-10H2,1-3H3. The van der Waals surface area contributed by atoms with Crippen LogP contribution in [0.4, 0.5) is 5.82 Å². The van der Waals surface area contributed by atoms with Crippen molar-refractivity contribution in [2.45, 2.75) is 26.3 Å². The summed E-state index contributed by atoms with van der Waals surface area (Å²) in [6.07, 6.45) is 1.81. The van der Waals surface area contributed by atoms with Crippen LogP contribution in [-0.2, 0) is 12.4 Å². The van der Waals surface area contributed by atoms with Crippen molar-refractivity contribution in [1.82, 2.24) is 9.97 Å². The Bertz CT molecular complexity index is 555. The van der Waals surface area contributed by atoms with E-state index in [2.05, 4.69) is 27.9 Å². The third-order valence-electron chi connectivity index (χ3n) is 3.07. The lowest BCUT2D eigenvalue weighted by Crippen LogP contribution is -2.20. The number of alkyl halides is 1. The Kier molecular flexibility index (Phi) is 4.38. The molecule has 4 heteroatoms. The van der Waals surface area contributed by atoms with Crippen LogP contribution < -0.4 is 4.90 Å². The number of aromatic nitrogens is 2. The van der Waals surface area contributed by atoms with Crippen molar-refractivity contribution in [3.8, 4) is 0 Å². The van der Waals surface area contributed by atoms with E-state index in [0.717, 1.165) is 29.3 Å². The SMILES string of the molecule is Cc1cc(C)c(CCl)c(N(C)Cc2ccccn2)n1. The van der Waals surface area contributed by atoms with Gasteiger partial charge in [-0.1, -0.05) is 6.07 Å². The quantitative estimate of drug-likeness (QED) is 0.800. The average molecular weight is 276 g/mol. The molecule has 0 aliphatic carbocycles. The van der Waals surface area contributed by atoms with Gasteiger partial charge in [-0.25, -0.2) is 4.98 Å². The highest BCUT2D eigenvalue weighted by molar-refractivity contribution is 6.17. The third-order valence-corrected chi connectivity index (χ3v) is 3.34.